The monoisotopic (exact) mass is 401 g/mol. The van der Waals surface area contributed by atoms with Gasteiger partial charge in [-0.1, -0.05) is 52.3 Å². The molecule has 3 rings (SSSR count). The molecule has 0 radical (unpaired) electrons. The minimum Gasteiger partial charge on any atom is -0.451 e. The summed E-state index contributed by atoms with van der Waals surface area (Å²) in [6.45, 7) is 1.50. The van der Waals surface area contributed by atoms with Gasteiger partial charge in [-0.15, -0.1) is 0 Å². The van der Waals surface area contributed by atoms with Crippen LogP contribution < -0.4 is 5.32 Å². The van der Waals surface area contributed by atoms with E-state index in [0.717, 1.165) is 15.6 Å². The fourth-order valence-electron chi connectivity index (χ4n) is 2.51. The molecule has 1 atom stereocenters. The number of rotatable bonds is 5. The number of benzene rings is 2. The molecule has 1 heterocycles. The average molecular weight is 402 g/mol. The lowest BCUT2D eigenvalue weighted by Crippen LogP contribution is -2.31. The van der Waals surface area contributed by atoms with Crippen LogP contribution in [-0.4, -0.2) is 28.7 Å². The van der Waals surface area contributed by atoms with Crippen molar-refractivity contribution in [2.24, 2.45) is 0 Å². The highest BCUT2D eigenvalue weighted by Gasteiger charge is 2.18. The van der Waals surface area contributed by atoms with Gasteiger partial charge in [0.2, 0.25) is 0 Å². The normalized spacial score (nSPS) is 11.9. The molecule has 0 saturated carbocycles. The van der Waals surface area contributed by atoms with Crippen LogP contribution in [0.25, 0.3) is 10.9 Å². The standard InChI is InChI=1S/C18H16BrN3O3/c1-11(12-6-2-4-8-14(12)19)20-16(23)10-25-18(24)17-13-7-3-5-9-15(13)21-22-17/h2-9,11H,10H2,1H3,(H,20,23)(H,21,22)/t11-/m1/s1. The van der Waals surface area contributed by atoms with Crippen molar-refractivity contribution in [2.75, 3.05) is 6.61 Å². The lowest BCUT2D eigenvalue weighted by molar-refractivity contribution is -0.124. The average Bonchev–Trinajstić information content (AvgIpc) is 3.04. The van der Waals surface area contributed by atoms with Crippen LogP contribution in [0.4, 0.5) is 0 Å². The van der Waals surface area contributed by atoms with Gasteiger partial charge in [-0.25, -0.2) is 4.79 Å². The third-order valence-electron chi connectivity index (χ3n) is 3.75. The Kier molecular flexibility index (Phi) is 5.14. The fraction of sp³-hybridized carbons (Fsp3) is 0.167. The smallest absolute Gasteiger partial charge is 0.359 e. The number of nitrogens with zero attached hydrogens (tertiary/aromatic N) is 1. The van der Waals surface area contributed by atoms with Gasteiger partial charge in [-0.2, -0.15) is 5.10 Å². The third kappa shape index (κ3) is 3.88. The molecule has 1 aromatic heterocycles. The summed E-state index contributed by atoms with van der Waals surface area (Å²) in [5.41, 5.74) is 1.85. The molecule has 0 bridgehead atoms. The summed E-state index contributed by atoms with van der Waals surface area (Å²) in [6, 6.07) is 14.6. The van der Waals surface area contributed by atoms with Crippen molar-refractivity contribution in [1.29, 1.82) is 0 Å². The van der Waals surface area contributed by atoms with Gasteiger partial charge in [0, 0.05) is 9.86 Å². The predicted molar refractivity (Wildman–Crippen MR) is 97.1 cm³/mol. The van der Waals surface area contributed by atoms with Crippen molar-refractivity contribution in [2.45, 2.75) is 13.0 Å². The topological polar surface area (TPSA) is 84.1 Å². The van der Waals surface area contributed by atoms with Crippen LogP contribution in [0.1, 0.15) is 29.0 Å². The van der Waals surface area contributed by atoms with Crippen LogP contribution in [0.3, 0.4) is 0 Å². The molecule has 0 unspecified atom stereocenters. The van der Waals surface area contributed by atoms with Gasteiger partial charge in [0.15, 0.2) is 12.3 Å². The molecule has 0 saturated heterocycles. The Morgan fingerprint density at radius 2 is 1.92 bits per heavy atom. The molecule has 128 valence electrons. The number of aromatic nitrogens is 2. The molecule has 3 aromatic rings. The maximum absolute atomic E-state index is 12.1. The number of carbonyl (C=O) groups excluding carboxylic acids is 2. The van der Waals surface area contributed by atoms with Crippen molar-refractivity contribution in [3.8, 4) is 0 Å². The van der Waals surface area contributed by atoms with E-state index >= 15 is 0 Å². The Hall–Kier alpha value is -2.67. The zero-order chi connectivity index (χ0) is 17.8. The quantitative estimate of drug-likeness (QED) is 0.641. The largest absolute Gasteiger partial charge is 0.451 e. The maximum Gasteiger partial charge on any atom is 0.359 e. The van der Waals surface area contributed by atoms with Crippen molar-refractivity contribution in [3.05, 3.63) is 64.3 Å². The zero-order valence-electron chi connectivity index (χ0n) is 13.5. The van der Waals surface area contributed by atoms with E-state index in [1.807, 2.05) is 43.3 Å². The van der Waals surface area contributed by atoms with Gasteiger partial charge in [0.05, 0.1) is 11.6 Å². The predicted octanol–water partition coefficient (Wildman–Crippen LogP) is 3.36. The second kappa shape index (κ2) is 7.48. The van der Waals surface area contributed by atoms with Crippen LogP contribution in [0.2, 0.25) is 0 Å². The molecule has 7 heteroatoms. The van der Waals surface area contributed by atoms with Crippen molar-refractivity contribution >= 4 is 38.7 Å². The van der Waals surface area contributed by atoms with Crippen LogP contribution in [0, 0.1) is 0 Å². The van der Waals surface area contributed by atoms with E-state index < -0.39 is 5.97 Å². The van der Waals surface area contributed by atoms with E-state index in [4.69, 9.17) is 4.74 Å². The summed E-state index contributed by atoms with van der Waals surface area (Å²) in [5.74, 6) is -1.02. The first-order chi connectivity index (χ1) is 12.1. The van der Waals surface area contributed by atoms with Gasteiger partial charge in [-0.3, -0.25) is 9.89 Å². The second-order valence-corrected chi connectivity index (χ2v) is 6.36. The molecule has 0 aliphatic rings. The molecule has 25 heavy (non-hydrogen) atoms. The number of nitrogens with one attached hydrogen (secondary N) is 2. The van der Waals surface area contributed by atoms with Crippen molar-refractivity contribution < 1.29 is 14.3 Å². The van der Waals surface area contributed by atoms with E-state index in [1.54, 1.807) is 12.1 Å². The Bertz CT molecular complexity index is 923. The van der Waals surface area contributed by atoms with Gasteiger partial charge in [0.1, 0.15) is 0 Å². The number of esters is 1. The molecular formula is C18H16BrN3O3. The maximum atomic E-state index is 12.1. The third-order valence-corrected chi connectivity index (χ3v) is 4.47. The van der Waals surface area contributed by atoms with Crippen LogP contribution in [-0.2, 0) is 9.53 Å². The number of hydrogen-bond donors (Lipinski definition) is 2. The van der Waals surface area contributed by atoms with Gasteiger partial charge in [-0.05, 0) is 24.6 Å². The molecule has 2 N–H and O–H groups in total. The number of halogens is 1. The first-order valence-corrected chi connectivity index (χ1v) is 8.49. The molecule has 0 fully saturated rings. The van der Waals surface area contributed by atoms with Gasteiger partial charge in [0.25, 0.3) is 5.91 Å². The molecular weight excluding hydrogens is 386 g/mol. The number of ether oxygens (including phenoxy) is 1. The summed E-state index contributed by atoms with van der Waals surface area (Å²) >= 11 is 3.45. The van der Waals surface area contributed by atoms with Gasteiger partial charge >= 0.3 is 5.97 Å². The Morgan fingerprint density at radius 3 is 2.72 bits per heavy atom. The molecule has 6 nitrogen and oxygen atoms in total. The summed E-state index contributed by atoms with van der Waals surface area (Å²) in [4.78, 5) is 24.2. The van der Waals surface area contributed by atoms with Crippen LogP contribution in [0.5, 0.6) is 0 Å². The van der Waals surface area contributed by atoms with Crippen LogP contribution in [0.15, 0.2) is 53.0 Å². The zero-order valence-corrected chi connectivity index (χ0v) is 15.0. The summed E-state index contributed by atoms with van der Waals surface area (Å²) in [5, 5.41) is 10.2. The Balaban J connectivity index is 1.59. The van der Waals surface area contributed by atoms with E-state index in [0.29, 0.717) is 5.39 Å². The number of fused-ring (bicyclic) bond motifs is 1. The number of H-pyrrole nitrogens is 1. The number of para-hydroxylation sites is 1. The van der Waals surface area contributed by atoms with E-state index in [-0.39, 0.29) is 24.2 Å². The lowest BCUT2D eigenvalue weighted by Gasteiger charge is -2.15. The Labute approximate surface area is 152 Å². The minimum atomic E-state index is -0.638. The molecule has 1 amide bonds. The van der Waals surface area contributed by atoms with E-state index in [2.05, 4.69) is 31.4 Å². The molecule has 2 aromatic carbocycles. The highest BCUT2D eigenvalue weighted by atomic mass is 79.9. The molecule has 0 aliphatic carbocycles. The highest BCUT2D eigenvalue weighted by Crippen LogP contribution is 2.22. The highest BCUT2D eigenvalue weighted by molar-refractivity contribution is 9.10. The fourth-order valence-corrected chi connectivity index (χ4v) is 3.13. The summed E-state index contributed by atoms with van der Waals surface area (Å²) < 4.78 is 5.98. The number of hydrogen-bond acceptors (Lipinski definition) is 4. The van der Waals surface area contributed by atoms with Gasteiger partial charge < -0.3 is 10.1 Å². The second-order valence-electron chi connectivity index (χ2n) is 5.50. The van der Waals surface area contributed by atoms with E-state index in [9.17, 15) is 9.59 Å². The SMILES string of the molecule is C[C@@H](NC(=O)COC(=O)c1n[nH]c2ccccc12)c1ccccc1Br. The lowest BCUT2D eigenvalue weighted by atomic mass is 10.1. The minimum absolute atomic E-state index is 0.169. The summed E-state index contributed by atoms with van der Waals surface area (Å²) in [6.07, 6.45) is 0. The molecule has 0 aliphatic heterocycles. The summed E-state index contributed by atoms with van der Waals surface area (Å²) in [7, 11) is 0. The first kappa shape index (κ1) is 17.2. The Morgan fingerprint density at radius 1 is 1.20 bits per heavy atom. The molecule has 0 spiro atoms. The first-order valence-electron chi connectivity index (χ1n) is 7.70. The number of amides is 1. The van der Waals surface area contributed by atoms with Crippen molar-refractivity contribution in [1.82, 2.24) is 15.5 Å². The number of carbonyl (C=O) groups is 2. The van der Waals surface area contributed by atoms with Crippen LogP contribution >= 0.6 is 15.9 Å². The number of aromatic amines is 1. The van der Waals surface area contributed by atoms with Crippen molar-refractivity contribution in [3.63, 3.8) is 0 Å². The van der Waals surface area contributed by atoms with E-state index in [1.165, 1.54) is 0 Å².